The van der Waals surface area contributed by atoms with Gasteiger partial charge >= 0.3 is 0 Å². The SMILES string of the molecule is CC(=O)c1cccc(NC(=O)Cc2cccc(Br)c2)c1. The maximum absolute atomic E-state index is 12.0. The Morgan fingerprint density at radius 2 is 1.85 bits per heavy atom. The maximum atomic E-state index is 12.0. The Labute approximate surface area is 126 Å². The van der Waals surface area contributed by atoms with Crippen molar-refractivity contribution in [3.63, 3.8) is 0 Å². The van der Waals surface area contributed by atoms with E-state index in [9.17, 15) is 9.59 Å². The molecule has 102 valence electrons. The highest BCUT2D eigenvalue weighted by Crippen LogP contribution is 2.14. The van der Waals surface area contributed by atoms with Gasteiger partial charge in [-0.1, -0.05) is 40.2 Å². The predicted octanol–water partition coefficient (Wildman–Crippen LogP) is 3.83. The lowest BCUT2D eigenvalue weighted by Gasteiger charge is -2.06. The molecule has 3 nitrogen and oxygen atoms in total. The molecule has 0 aliphatic carbocycles. The van der Waals surface area contributed by atoms with E-state index in [1.165, 1.54) is 6.92 Å². The molecule has 2 aromatic rings. The second kappa shape index (κ2) is 6.48. The topological polar surface area (TPSA) is 46.2 Å². The molecule has 20 heavy (non-hydrogen) atoms. The molecule has 0 aliphatic heterocycles. The van der Waals surface area contributed by atoms with Gasteiger partial charge in [0.05, 0.1) is 6.42 Å². The average molecular weight is 332 g/mol. The third kappa shape index (κ3) is 4.03. The summed E-state index contributed by atoms with van der Waals surface area (Å²) in [5.74, 6) is -0.128. The van der Waals surface area contributed by atoms with Crippen molar-refractivity contribution in [2.75, 3.05) is 5.32 Å². The quantitative estimate of drug-likeness (QED) is 0.865. The molecule has 0 atom stereocenters. The van der Waals surface area contributed by atoms with E-state index in [0.29, 0.717) is 17.7 Å². The summed E-state index contributed by atoms with van der Waals surface area (Å²) in [4.78, 5) is 23.3. The lowest BCUT2D eigenvalue weighted by Crippen LogP contribution is -2.14. The molecule has 0 heterocycles. The van der Waals surface area contributed by atoms with Crippen LogP contribution in [0.15, 0.2) is 53.0 Å². The first-order valence-electron chi connectivity index (χ1n) is 6.20. The smallest absolute Gasteiger partial charge is 0.228 e. The van der Waals surface area contributed by atoms with Gasteiger partial charge in [-0.3, -0.25) is 9.59 Å². The minimum Gasteiger partial charge on any atom is -0.326 e. The number of anilines is 1. The Balaban J connectivity index is 2.04. The number of amides is 1. The van der Waals surface area contributed by atoms with Crippen LogP contribution in [0.4, 0.5) is 5.69 Å². The molecule has 1 amide bonds. The van der Waals surface area contributed by atoms with Crippen LogP contribution in [0.3, 0.4) is 0 Å². The highest BCUT2D eigenvalue weighted by atomic mass is 79.9. The summed E-state index contributed by atoms with van der Waals surface area (Å²) in [7, 11) is 0. The van der Waals surface area contributed by atoms with Gasteiger partial charge < -0.3 is 5.32 Å². The zero-order valence-corrected chi connectivity index (χ0v) is 12.6. The van der Waals surface area contributed by atoms with Gasteiger partial charge in [0.15, 0.2) is 5.78 Å². The number of ketones is 1. The molecule has 0 radical (unpaired) electrons. The molecule has 0 aliphatic rings. The molecule has 0 spiro atoms. The molecule has 1 N–H and O–H groups in total. The summed E-state index contributed by atoms with van der Waals surface area (Å²) in [5, 5.41) is 2.80. The van der Waals surface area contributed by atoms with Crippen LogP contribution >= 0.6 is 15.9 Å². The van der Waals surface area contributed by atoms with Gasteiger partial charge in [-0.2, -0.15) is 0 Å². The molecule has 0 saturated carbocycles. The molecule has 0 aromatic heterocycles. The lowest BCUT2D eigenvalue weighted by molar-refractivity contribution is -0.115. The minimum atomic E-state index is -0.108. The van der Waals surface area contributed by atoms with E-state index in [1.807, 2.05) is 24.3 Å². The second-order valence-electron chi connectivity index (χ2n) is 4.49. The third-order valence-corrected chi connectivity index (χ3v) is 3.30. The largest absolute Gasteiger partial charge is 0.326 e. The highest BCUT2D eigenvalue weighted by Gasteiger charge is 2.06. The Bertz CT molecular complexity index is 652. The van der Waals surface area contributed by atoms with Crippen molar-refractivity contribution in [1.29, 1.82) is 0 Å². The Morgan fingerprint density at radius 1 is 1.10 bits per heavy atom. The van der Waals surface area contributed by atoms with Crippen LogP contribution < -0.4 is 5.32 Å². The monoisotopic (exact) mass is 331 g/mol. The van der Waals surface area contributed by atoms with Gasteiger partial charge in [-0.25, -0.2) is 0 Å². The minimum absolute atomic E-state index is 0.0203. The van der Waals surface area contributed by atoms with Crippen molar-refractivity contribution in [3.05, 3.63) is 64.1 Å². The number of halogens is 1. The van der Waals surface area contributed by atoms with E-state index in [4.69, 9.17) is 0 Å². The van der Waals surface area contributed by atoms with Gasteiger partial charge in [0, 0.05) is 15.7 Å². The normalized spacial score (nSPS) is 10.1. The van der Waals surface area contributed by atoms with Gasteiger partial charge in [0.1, 0.15) is 0 Å². The number of carbonyl (C=O) groups is 2. The van der Waals surface area contributed by atoms with Crippen molar-refractivity contribution in [3.8, 4) is 0 Å². The van der Waals surface area contributed by atoms with Crippen molar-refractivity contribution >= 4 is 33.3 Å². The lowest BCUT2D eigenvalue weighted by atomic mass is 10.1. The van der Waals surface area contributed by atoms with Crippen LogP contribution in [0, 0.1) is 0 Å². The third-order valence-electron chi connectivity index (χ3n) is 2.81. The molecule has 0 saturated heterocycles. The van der Waals surface area contributed by atoms with E-state index >= 15 is 0 Å². The van der Waals surface area contributed by atoms with Crippen molar-refractivity contribution in [1.82, 2.24) is 0 Å². The Kier molecular flexibility index (Phi) is 4.69. The fourth-order valence-electron chi connectivity index (χ4n) is 1.85. The van der Waals surface area contributed by atoms with Crippen LogP contribution in [-0.2, 0) is 11.2 Å². The number of hydrogen-bond donors (Lipinski definition) is 1. The van der Waals surface area contributed by atoms with Crippen molar-refractivity contribution in [2.24, 2.45) is 0 Å². The van der Waals surface area contributed by atoms with E-state index in [-0.39, 0.29) is 11.7 Å². The summed E-state index contributed by atoms with van der Waals surface area (Å²) in [6.07, 6.45) is 0.295. The zero-order chi connectivity index (χ0) is 14.5. The van der Waals surface area contributed by atoms with E-state index in [1.54, 1.807) is 24.3 Å². The summed E-state index contributed by atoms with van der Waals surface area (Å²) in [6, 6.07) is 14.5. The maximum Gasteiger partial charge on any atom is 0.228 e. The second-order valence-corrected chi connectivity index (χ2v) is 5.41. The Morgan fingerprint density at radius 3 is 2.55 bits per heavy atom. The van der Waals surface area contributed by atoms with Gasteiger partial charge in [0.2, 0.25) is 5.91 Å². The number of Topliss-reactive ketones (excluding diaryl/α,β-unsaturated/α-hetero) is 1. The fraction of sp³-hybridized carbons (Fsp3) is 0.125. The standard InChI is InChI=1S/C16H14BrNO2/c1-11(19)13-5-3-7-15(10-13)18-16(20)9-12-4-2-6-14(17)8-12/h2-8,10H,9H2,1H3,(H,18,20). The van der Waals surface area contributed by atoms with Crippen LogP contribution in [-0.4, -0.2) is 11.7 Å². The molecule has 0 bridgehead atoms. The number of nitrogens with one attached hydrogen (secondary N) is 1. The van der Waals surface area contributed by atoms with Gasteiger partial charge in [-0.15, -0.1) is 0 Å². The zero-order valence-electron chi connectivity index (χ0n) is 11.0. The van der Waals surface area contributed by atoms with Crippen molar-refractivity contribution < 1.29 is 9.59 Å². The number of hydrogen-bond acceptors (Lipinski definition) is 2. The molecule has 0 unspecified atom stereocenters. The van der Waals surface area contributed by atoms with Crippen LogP contribution in [0.2, 0.25) is 0 Å². The van der Waals surface area contributed by atoms with Crippen molar-refractivity contribution in [2.45, 2.75) is 13.3 Å². The highest BCUT2D eigenvalue weighted by molar-refractivity contribution is 9.10. The van der Waals surface area contributed by atoms with Gasteiger partial charge in [-0.05, 0) is 36.8 Å². The summed E-state index contributed by atoms with van der Waals surface area (Å²) in [5.41, 5.74) is 2.16. The van der Waals surface area contributed by atoms with E-state index in [0.717, 1.165) is 10.0 Å². The molecular weight excluding hydrogens is 318 g/mol. The summed E-state index contributed by atoms with van der Waals surface area (Å²) >= 11 is 3.38. The van der Waals surface area contributed by atoms with Gasteiger partial charge in [0.25, 0.3) is 0 Å². The molecule has 0 fully saturated rings. The first-order valence-corrected chi connectivity index (χ1v) is 6.99. The predicted molar refractivity (Wildman–Crippen MR) is 82.9 cm³/mol. The average Bonchev–Trinajstić information content (AvgIpc) is 2.38. The van der Waals surface area contributed by atoms with Crippen LogP contribution in [0.1, 0.15) is 22.8 Å². The molecule has 2 rings (SSSR count). The molecule has 2 aromatic carbocycles. The fourth-order valence-corrected chi connectivity index (χ4v) is 2.30. The van der Waals surface area contributed by atoms with E-state index < -0.39 is 0 Å². The number of rotatable bonds is 4. The summed E-state index contributed by atoms with van der Waals surface area (Å²) in [6.45, 7) is 1.50. The molecule has 4 heteroatoms. The van der Waals surface area contributed by atoms with E-state index in [2.05, 4.69) is 21.2 Å². The molecular formula is C16H14BrNO2. The number of benzene rings is 2. The first-order chi connectivity index (χ1) is 9.54. The van der Waals surface area contributed by atoms with Crippen LogP contribution in [0.25, 0.3) is 0 Å². The summed E-state index contributed by atoms with van der Waals surface area (Å²) < 4.78 is 0.946. The number of carbonyl (C=O) groups excluding carboxylic acids is 2. The Hall–Kier alpha value is -1.94. The first kappa shape index (κ1) is 14.5. The van der Waals surface area contributed by atoms with Crippen LogP contribution in [0.5, 0.6) is 0 Å².